The highest BCUT2D eigenvalue weighted by molar-refractivity contribution is 7.86. The van der Waals surface area contributed by atoms with E-state index in [-0.39, 0.29) is 23.9 Å². The molecule has 0 unspecified atom stereocenters. The van der Waals surface area contributed by atoms with Gasteiger partial charge in [-0.05, 0) is 30.4 Å². The predicted molar refractivity (Wildman–Crippen MR) is 123 cm³/mol. The van der Waals surface area contributed by atoms with Gasteiger partial charge in [-0.2, -0.15) is 22.1 Å². The van der Waals surface area contributed by atoms with Gasteiger partial charge in [0.15, 0.2) is 5.78 Å². The fraction of sp³-hybridized carbons (Fsp3) is 0.381. The molecule has 2 aromatic heterocycles. The minimum Gasteiger partial charge on any atom is -0.292 e. The van der Waals surface area contributed by atoms with Crippen molar-refractivity contribution in [2.75, 3.05) is 27.2 Å². The summed E-state index contributed by atoms with van der Waals surface area (Å²) >= 11 is 1.42. The molecule has 0 bridgehead atoms. The van der Waals surface area contributed by atoms with E-state index in [1.807, 2.05) is 23.6 Å². The normalized spacial score (nSPS) is 16.0. The van der Waals surface area contributed by atoms with Crippen molar-refractivity contribution in [1.29, 1.82) is 0 Å². The van der Waals surface area contributed by atoms with Crippen LogP contribution in [0.15, 0.2) is 52.6 Å². The van der Waals surface area contributed by atoms with E-state index in [0.29, 0.717) is 37.3 Å². The first-order valence-electron chi connectivity index (χ1n) is 10.3. The molecule has 0 atom stereocenters. The monoisotopic (exact) mass is 475 g/mol. The van der Waals surface area contributed by atoms with E-state index in [1.165, 1.54) is 38.7 Å². The molecule has 0 spiro atoms. The largest absolute Gasteiger partial charge is 0.351 e. The van der Waals surface area contributed by atoms with Gasteiger partial charge in [0.05, 0.1) is 0 Å². The third-order valence-electron chi connectivity index (χ3n) is 5.59. The molecule has 32 heavy (non-hydrogen) atoms. The Morgan fingerprint density at radius 3 is 2.41 bits per heavy atom. The number of nitrogens with zero attached hydrogens (tertiary/aromatic N) is 5. The van der Waals surface area contributed by atoms with Gasteiger partial charge < -0.3 is 0 Å². The summed E-state index contributed by atoms with van der Waals surface area (Å²) in [6.07, 6.45) is 1.09. The minimum atomic E-state index is -3.48. The molecule has 0 saturated carbocycles. The van der Waals surface area contributed by atoms with Crippen LogP contribution >= 0.6 is 11.3 Å². The second-order valence-electron chi connectivity index (χ2n) is 7.84. The maximum atomic E-state index is 13.2. The Morgan fingerprint density at radius 2 is 1.81 bits per heavy atom. The molecular formula is C21H25N5O4S2. The molecule has 3 heterocycles. The lowest BCUT2D eigenvalue weighted by molar-refractivity contribution is 0.0966. The summed E-state index contributed by atoms with van der Waals surface area (Å²) in [5.41, 5.74) is 0.156. The number of carbonyl (C=O) groups is 1. The van der Waals surface area contributed by atoms with Crippen LogP contribution in [0.3, 0.4) is 0 Å². The highest BCUT2D eigenvalue weighted by atomic mass is 32.2. The second kappa shape index (κ2) is 9.10. The number of Topliss-reactive ketones (excluding diaryl/α,β-unsaturated/α-hetero) is 1. The number of piperidine rings is 1. The van der Waals surface area contributed by atoms with Crippen molar-refractivity contribution in [3.05, 3.63) is 69.7 Å². The van der Waals surface area contributed by atoms with Crippen LogP contribution in [0, 0.1) is 0 Å². The molecule has 1 saturated heterocycles. The molecule has 1 fully saturated rings. The van der Waals surface area contributed by atoms with Crippen molar-refractivity contribution in [3.8, 4) is 5.00 Å². The fourth-order valence-corrected chi connectivity index (χ4v) is 5.69. The SMILES string of the molecule is CN(C)S(=O)(=O)N1CCC(c2nn(CC(=O)c3ccccc3)c(=O)n2-c2cccs2)CC1. The lowest BCUT2D eigenvalue weighted by Gasteiger charge is -2.32. The second-order valence-corrected chi connectivity index (χ2v) is 10.9. The Kier molecular flexibility index (Phi) is 6.42. The van der Waals surface area contributed by atoms with E-state index in [9.17, 15) is 18.0 Å². The van der Waals surface area contributed by atoms with Gasteiger partial charge in [-0.15, -0.1) is 11.3 Å². The number of ketones is 1. The standard InChI is InChI=1S/C21H25N5O4S2/c1-23(2)32(29,30)24-12-10-17(11-13-24)20-22-25(15-18(27)16-7-4-3-5-8-16)21(28)26(20)19-9-6-14-31-19/h3-9,14,17H,10-13,15H2,1-2H3. The fourth-order valence-electron chi connectivity index (χ4n) is 3.82. The van der Waals surface area contributed by atoms with Crippen LogP contribution in [0.5, 0.6) is 0 Å². The zero-order valence-electron chi connectivity index (χ0n) is 17.9. The Morgan fingerprint density at radius 1 is 1.12 bits per heavy atom. The molecule has 9 nitrogen and oxygen atoms in total. The number of carbonyl (C=O) groups excluding carboxylic acids is 1. The average Bonchev–Trinajstić information content (AvgIpc) is 3.42. The van der Waals surface area contributed by atoms with Crippen molar-refractivity contribution in [1.82, 2.24) is 23.0 Å². The van der Waals surface area contributed by atoms with E-state index in [0.717, 1.165) is 5.00 Å². The molecule has 0 radical (unpaired) electrons. The van der Waals surface area contributed by atoms with Crippen LogP contribution in [0.25, 0.3) is 5.00 Å². The number of benzene rings is 1. The van der Waals surface area contributed by atoms with Gasteiger partial charge in [0.25, 0.3) is 10.2 Å². The Labute approximate surface area is 190 Å². The first kappa shape index (κ1) is 22.6. The van der Waals surface area contributed by atoms with Crippen LogP contribution in [0.2, 0.25) is 0 Å². The molecule has 11 heteroatoms. The summed E-state index contributed by atoms with van der Waals surface area (Å²) in [6.45, 7) is 0.543. The molecule has 1 aliphatic heterocycles. The van der Waals surface area contributed by atoms with Crippen LogP contribution in [-0.2, 0) is 16.8 Å². The van der Waals surface area contributed by atoms with Gasteiger partial charge in [-0.3, -0.25) is 4.79 Å². The summed E-state index contributed by atoms with van der Waals surface area (Å²) in [7, 11) is -0.448. The van der Waals surface area contributed by atoms with E-state index in [2.05, 4.69) is 5.10 Å². The summed E-state index contributed by atoms with van der Waals surface area (Å²) in [5, 5.41) is 7.16. The topological polar surface area (TPSA) is 97.5 Å². The van der Waals surface area contributed by atoms with Gasteiger partial charge in [0.1, 0.15) is 17.4 Å². The number of hydrogen-bond donors (Lipinski definition) is 0. The molecule has 0 N–H and O–H groups in total. The van der Waals surface area contributed by atoms with Gasteiger partial charge in [0, 0.05) is 38.7 Å². The first-order chi connectivity index (χ1) is 15.3. The quantitative estimate of drug-likeness (QED) is 0.487. The first-order valence-corrected chi connectivity index (χ1v) is 12.6. The van der Waals surface area contributed by atoms with E-state index < -0.39 is 10.2 Å². The highest BCUT2D eigenvalue weighted by Crippen LogP contribution is 2.30. The van der Waals surface area contributed by atoms with Crippen molar-refractivity contribution in [2.24, 2.45) is 0 Å². The van der Waals surface area contributed by atoms with Crippen LogP contribution in [0.4, 0.5) is 0 Å². The minimum absolute atomic E-state index is 0.0912. The third kappa shape index (κ3) is 4.33. The Bertz CT molecular complexity index is 1240. The zero-order chi connectivity index (χ0) is 22.9. The maximum absolute atomic E-state index is 13.2. The number of aromatic nitrogens is 3. The maximum Gasteiger partial charge on any atom is 0.351 e. The lowest BCUT2D eigenvalue weighted by atomic mass is 9.97. The average molecular weight is 476 g/mol. The van der Waals surface area contributed by atoms with Crippen molar-refractivity contribution >= 4 is 27.3 Å². The molecule has 4 rings (SSSR count). The van der Waals surface area contributed by atoms with Gasteiger partial charge in [-0.25, -0.2) is 14.0 Å². The predicted octanol–water partition coefficient (Wildman–Crippen LogP) is 1.96. The summed E-state index contributed by atoms with van der Waals surface area (Å²) in [6, 6.07) is 12.5. The molecule has 1 aliphatic rings. The number of rotatable bonds is 7. The molecule has 170 valence electrons. The summed E-state index contributed by atoms with van der Waals surface area (Å²) in [4.78, 5) is 25.9. The zero-order valence-corrected chi connectivity index (χ0v) is 19.6. The molecule has 0 amide bonds. The number of thiophene rings is 1. The van der Waals surface area contributed by atoms with Crippen LogP contribution < -0.4 is 5.69 Å². The molecule has 3 aromatic rings. The molecule has 0 aliphatic carbocycles. The van der Waals surface area contributed by atoms with E-state index >= 15 is 0 Å². The summed E-state index contributed by atoms with van der Waals surface area (Å²) < 4.78 is 30.3. The number of hydrogen-bond acceptors (Lipinski definition) is 6. The van der Waals surface area contributed by atoms with Gasteiger partial charge >= 0.3 is 5.69 Å². The van der Waals surface area contributed by atoms with Crippen molar-refractivity contribution in [2.45, 2.75) is 25.3 Å². The Hall–Kier alpha value is -2.60. The van der Waals surface area contributed by atoms with E-state index in [4.69, 9.17) is 0 Å². The van der Waals surface area contributed by atoms with Crippen LogP contribution in [0.1, 0.15) is 34.9 Å². The van der Waals surface area contributed by atoms with Crippen molar-refractivity contribution in [3.63, 3.8) is 0 Å². The van der Waals surface area contributed by atoms with Crippen LogP contribution in [-0.4, -0.2) is 64.3 Å². The lowest BCUT2D eigenvalue weighted by Crippen LogP contribution is -2.44. The molecule has 1 aromatic carbocycles. The highest BCUT2D eigenvalue weighted by Gasteiger charge is 2.33. The van der Waals surface area contributed by atoms with Gasteiger partial charge in [-0.1, -0.05) is 30.3 Å². The Balaban J connectivity index is 1.63. The van der Waals surface area contributed by atoms with E-state index in [1.54, 1.807) is 28.8 Å². The third-order valence-corrected chi connectivity index (χ3v) is 8.38. The van der Waals surface area contributed by atoms with Crippen molar-refractivity contribution < 1.29 is 13.2 Å². The summed E-state index contributed by atoms with van der Waals surface area (Å²) in [5.74, 6) is 0.286. The smallest absolute Gasteiger partial charge is 0.292 e. The van der Waals surface area contributed by atoms with Gasteiger partial charge in [0.2, 0.25) is 0 Å². The molecular weight excluding hydrogens is 450 g/mol.